The van der Waals surface area contributed by atoms with E-state index >= 15 is 0 Å². The highest BCUT2D eigenvalue weighted by atomic mass is 35.5. The van der Waals surface area contributed by atoms with Gasteiger partial charge in [0.2, 0.25) is 5.88 Å². The van der Waals surface area contributed by atoms with Crippen molar-refractivity contribution in [3.63, 3.8) is 0 Å². The van der Waals surface area contributed by atoms with Crippen molar-refractivity contribution in [1.82, 2.24) is 4.98 Å². The van der Waals surface area contributed by atoms with Crippen LogP contribution in [0.1, 0.15) is 18.1 Å². The van der Waals surface area contributed by atoms with Gasteiger partial charge in [-0.1, -0.05) is 53.5 Å². The van der Waals surface area contributed by atoms with E-state index in [9.17, 15) is 4.79 Å². The Morgan fingerprint density at radius 3 is 2.62 bits per heavy atom. The van der Waals surface area contributed by atoms with Crippen LogP contribution in [0.5, 0.6) is 5.88 Å². The molecule has 8 heteroatoms. The van der Waals surface area contributed by atoms with E-state index < -0.39 is 5.97 Å². The molecule has 5 nitrogen and oxygen atoms in total. The van der Waals surface area contributed by atoms with E-state index in [1.54, 1.807) is 30.8 Å². The van der Waals surface area contributed by atoms with Crippen molar-refractivity contribution >= 4 is 58.4 Å². The zero-order valence-electron chi connectivity index (χ0n) is 17.6. The quantitative estimate of drug-likeness (QED) is 0.151. The van der Waals surface area contributed by atoms with E-state index in [0.717, 1.165) is 21.9 Å². The van der Waals surface area contributed by atoms with E-state index in [2.05, 4.69) is 22.4 Å². The van der Waals surface area contributed by atoms with Gasteiger partial charge in [-0.3, -0.25) is 0 Å². The third-order valence-electron chi connectivity index (χ3n) is 4.32. The predicted octanol–water partition coefficient (Wildman–Crippen LogP) is 7.01. The monoisotopic (exact) mass is 488 g/mol. The number of nitrogens with one attached hydrogen (secondary N) is 1. The standard InChI is InChI=1S/C24H22Cl2N2O3S/c1-3-31-22(29)12-9-17-13-18(32-15-16-7-5-4-6-8-16)10-11-20(17)27-21-14-19(25)23(26)28-24(21)30-2/h4-14,27H,3,15H2,1-2H3. The van der Waals surface area contributed by atoms with Gasteiger partial charge in [0.15, 0.2) is 5.15 Å². The SMILES string of the molecule is CCOC(=O)C=Cc1cc(SCc2ccccc2)ccc1Nc1cc(Cl)c(Cl)nc1OC. The number of pyridine rings is 1. The van der Waals surface area contributed by atoms with Crippen LogP contribution in [0, 0.1) is 0 Å². The van der Waals surface area contributed by atoms with Gasteiger partial charge in [0, 0.05) is 22.4 Å². The summed E-state index contributed by atoms with van der Waals surface area (Å²) in [6.07, 6.45) is 3.12. The maximum atomic E-state index is 11.9. The number of hydrogen-bond acceptors (Lipinski definition) is 6. The molecule has 32 heavy (non-hydrogen) atoms. The Morgan fingerprint density at radius 1 is 1.12 bits per heavy atom. The number of halogens is 2. The number of rotatable bonds is 9. The molecule has 3 rings (SSSR count). The Hall–Kier alpha value is -2.67. The van der Waals surface area contributed by atoms with Crippen LogP contribution in [-0.2, 0) is 15.3 Å². The molecule has 0 atom stereocenters. The van der Waals surface area contributed by atoms with Crippen molar-refractivity contribution in [2.24, 2.45) is 0 Å². The molecule has 1 aromatic heterocycles. The fraction of sp³-hybridized carbons (Fsp3) is 0.167. The second-order valence-corrected chi connectivity index (χ2v) is 8.37. The summed E-state index contributed by atoms with van der Waals surface area (Å²) in [4.78, 5) is 17.1. The number of hydrogen-bond donors (Lipinski definition) is 1. The summed E-state index contributed by atoms with van der Waals surface area (Å²) in [5, 5.41) is 3.73. The third kappa shape index (κ3) is 6.66. The van der Waals surface area contributed by atoms with Crippen LogP contribution in [0.4, 0.5) is 11.4 Å². The van der Waals surface area contributed by atoms with Gasteiger partial charge in [-0.05, 0) is 48.4 Å². The number of esters is 1. The first kappa shape index (κ1) is 24.0. The first-order chi connectivity index (χ1) is 15.5. The molecule has 166 valence electrons. The van der Waals surface area contributed by atoms with Crippen molar-refractivity contribution in [3.8, 4) is 5.88 Å². The van der Waals surface area contributed by atoms with Crippen molar-refractivity contribution in [1.29, 1.82) is 0 Å². The Morgan fingerprint density at radius 2 is 1.91 bits per heavy atom. The highest BCUT2D eigenvalue weighted by molar-refractivity contribution is 7.98. The van der Waals surface area contributed by atoms with Crippen LogP contribution in [-0.4, -0.2) is 24.7 Å². The molecule has 0 saturated carbocycles. The molecule has 0 radical (unpaired) electrons. The molecular weight excluding hydrogens is 467 g/mol. The Kier molecular flexibility index (Phi) is 8.85. The van der Waals surface area contributed by atoms with Crippen LogP contribution in [0.2, 0.25) is 10.2 Å². The van der Waals surface area contributed by atoms with Gasteiger partial charge < -0.3 is 14.8 Å². The summed E-state index contributed by atoms with van der Waals surface area (Å²) in [5.74, 6) is 0.732. The fourth-order valence-corrected chi connectivity index (χ4v) is 4.00. The highest BCUT2D eigenvalue weighted by Gasteiger charge is 2.12. The molecule has 0 fully saturated rings. The Labute approximate surface area is 201 Å². The molecule has 0 unspecified atom stereocenters. The molecule has 0 aliphatic heterocycles. The number of thioether (sulfide) groups is 1. The molecule has 2 aromatic carbocycles. The molecule has 0 spiro atoms. The van der Waals surface area contributed by atoms with Crippen LogP contribution >= 0.6 is 35.0 Å². The van der Waals surface area contributed by atoms with Gasteiger partial charge in [0.1, 0.15) is 5.69 Å². The largest absolute Gasteiger partial charge is 0.479 e. The molecule has 1 heterocycles. The van der Waals surface area contributed by atoms with Crippen LogP contribution in [0.15, 0.2) is 65.6 Å². The van der Waals surface area contributed by atoms with Crippen molar-refractivity contribution in [2.45, 2.75) is 17.6 Å². The van der Waals surface area contributed by atoms with E-state index in [1.165, 1.54) is 18.7 Å². The minimum atomic E-state index is -0.408. The fourth-order valence-electron chi connectivity index (χ4n) is 2.81. The van der Waals surface area contributed by atoms with E-state index in [4.69, 9.17) is 32.7 Å². The molecule has 3 aromatic rings. The number of carbonyl (C=O) groups is 1. The van der Waals surface area contributed by atoms with E-state index in [1.807, 2.05) is 36.4 Å². The molecule has 0 bridgehead atoms. The lowest BCUT2D eigenvalue weighted by atomic mass is 10.1. The number of benzene rings is 2. The minimum absolute atomic E-state index is 0.157. The van der Waals surface area contributed by atoms with Crippen LogP contribution < -0.4 is 10.1 Å². The Balaban J connectivity index is 1.90. The van der Waals surface area contributed by atoms with Gasteiger partial charge in [-0.15, -0.1) is 11.8 Å². The van der Waals surface area contributed by atoms with Crippen LogP contribution in [0.3, 0.4) is 0 Å². The molecule has 0 aliphatic carbocycles. The minimum Gasteiger partial charge on any atom is -0.479 e. The normalized spacial score (nSPS) is 10.9. The van der Waals surface area contributed by atoms with Crippen molar-refractivity contribution in [3.05, 3.63) is 82.0 Å². The average Bonchev–Trinajstić information content (AvgIpc) is 2.80. The lowest BCUT2D eigenvalue weighted by molar-refractivity contribution is -0.137. The smallest absolute Gasteiger partial charge is 0.330 e. The number of methoxy groups -OCH3 is 1. The first-order valence-corrected chi connectivity index (χ1v) is 11.6. The summed E-state index contributed by atoms with van der Waals surface area (Å²) >= 11 is 13.9. The number of nitrogens with zero attached hydrogens (tertiary/aromatic N) is 1. The summed E-state index contributed by atoms with van der Waals surface area (Å²) in [7, 11) is 1.50. The van der Waals surface area contributed by atoms with E-state index in [-0.39, 0.29) is 5.15 Å². The van der Waals surface area contributed by atoms with Gasteiger partial charge in [0.05, 0.1) is 18.7 Å². The lowest BCUT2D eigenvalue weighted by Crippen LogP contribution is -2.01. The predicted molar refractivity (Wildman–Crippen MR) is 132 cm³/mol. The molecular formula is C24H22Cl2N2O3S. The maximum Gasteiger partial charge on any atom is 0.330 e. The van der Waals surface area contributed by atoms with E-state index in [0.29, 0.717) is 23.2 Å². The molecule has 0 aliphatic rings. The van der Waals surface area contributed by atoms with Gasteiger partial charge in [0.25, 0.3) is 0 Å². The molecule has 0 amide bonds. The number of carbonyl (C=O) groups excluding carboxylic acids is 1. The zero-order valence-corrected chi connectivity index (χ0v) is 19.9. The number of ether oxygens (including phenoxy) is 2. The summed E-state index contributed by atoms with van der Waals surface area (Å²) < 4.78 is 10.3. The maximum absolute atomic E-state index is 11.9. The third-order valence-corrected chi connectivity index (χ3v) is 6.06. The highest BCUT2D eigenvalue weighted by Crippen LogP contribution is 2.35. The topological polar surface area (TPSA) is 60.5 Å². The second-order valence-electron chi connectivity index (χ2n) is 6.55. The summed E-state index contributed by atoms with van der Waals surface area (Å²) in [6, 6.07) is 17.8. The van der Waals surface area contributed by atoms with Gasteiger partial charge >= 0.3 is 5.97 Å². The number of anilines is 2. The lowest BCUT2D eigenvalue weighted by Gasteiger charge is -2.14. The molecule has 1 N–H and O–H groups in total. The van der Waals surface area contributed by atoms with Gasteiger partial charge in [-0.2, -0.15) is 4.98 Å². The van der Waals surface area contributed by atoms with Crippen molar-refractivity contribution in [2.75, 3.05) is 19.0 Å². The second kappa shape index (κ2) is 11.8. The zero-order chi connectivity index (χ0) is 22.9. The Bertz CT molecular complexity index is 1110. The summed E-state index contributed by atoms with van der Waals surface area (Å²) in [5.41, 5.74) is 3.32. The summed E-state index contributed by atoms with van der Waals surface area (Å²) in [6.45, 7) is 2.08. The van der Waals surface area contributed by atoms with Gasteiger partial charge in [-0.25, -0.2) is 4.79 Å². The number of aromatic nitrogens is 1. The first-order valence-electron chi connectivity index (χ1n) is 9.82. The van der Waals surface area contributed by atoms with Crippen molar-refractivity contribution < 1.29 is 14.3 Å². The average molecular weight is 489 g/mol. The van der Waals surface area contributed by atoms with Crippen LogP contribution in [0.25, 0.3) is 6.08 Å². The molecule has 0 saturated heterocycles.